The molecule has 1 heterocycles. The first-order valence-corrected chi connectivity index (χ1v) is 7.81. The summed E-state index contributed by atoms with van der Waals surface area (Å²) in [6.07, 6.45) is 7.91. The molecule has 2 nitrogen and oxygen atoms in total. The lowest BCUT2D eigenvalue weighted by molar-refractivity contribution is 0.0205. The van der Waals surface area contributed by atoms with Crippen LogP contribution in [0.25, 0.3) is 0 Å². The summed E-state index contributed by atoms with van der Waals surface area (Å²) in [4.78, 5) is 2.56. The highest BCUT2D eigenvalue weighted by Gasteiger charge is 2.33. The minimum atomic E-state index is -0.332. The highest BCUT2D eigenvalue weighted by atomic mass is 16.3. The van der Waals surface area contributed by atoms with Gasteiger partial charge in [0.05, 0.1) is 6.10 Å². The van der Waals surface area contributed by atoms with Crippen LogP contribution in [0.4, 0.5) is 0 Å². The first-order chi connectivity index (χ1) is 9.34. The number of aliphatic hydroxyl groups excluding tert-OH is 1. The second kappa shape index (κ2) is 6.06. The van der Waals surface area contributed by atoms with Gasteiger partial charge in [-0.1, -0.05) is 43.2 Å². The molecule has 1 aliphatic carbocycles. The Kier molecular flexibility index (Phi) is 4.19. The number of rotatable bonds is 3. The van der Waals surface area contributed by atoms with Gasteiger partial charge in [-0.15, -0.1) is 0 Å². The van der Waals surface area contributed by atoms with Gasteiger partial charge in [-0.2, -0.15) is 0 Å². The molecule has 2 aliphatic rings. The summed E-state index contributed by atoms with van der Waals surface area (Å²) in [5.41, 5.74) is 1.06. The van der Waals surface area contributed by atoms with Gasteiger partial charge < -0.3 is 5.11 Å². The smallest absolute Gasteiger partial charge is 0.0917 e. The molecular weight excluding hydrogens is 234 g/mol. The average molecular weight is 259 g/mol. The Bertz CT molecular complexity index is 390. The van der Waals surface area contributed by atoms with Crippen molar-refractivity contribution in [2.24, 2.45) is 5.92 Å². The van der Waals surface area contributed by atoms with Crippen LogP contribution in [0.3, 0.4) is 0 Å². The van der Waals surface area contributed by atoms with Crippen LogP contribution in [0.5, 0.6) is 0 Å². The van der Waals surface area contributed by atoms with E-state index >= 15 is 0 Å². The molecule has 0 spiro atoms. The van der Waals surface area contributed by atoms with Crippen molar-refractivity contribution in [3.8, 4) is 0 Å². The summed E-state index contributed by atoms with van der Waals surface area (Å²) in [6, 6.07) is 10.8. The van der Waals surface area contributed by atoms with Gasteiger partial charge in [0.1, 0.15) is 0 Å². The van der Waals surface area contributed by atoms with E-state index in [1.807, 2.05) is 30.3 Å². The second-order valence-electron chi connectivity index (χ2n) is 6.18. The van der Waals surface area contributed by atoms with E-state index < -0.39 is 0 Å². The van der Waals surface area contributed by atoms with E-state index in [1.165, 1.54) is 45.1 Å². The third-order valence-corrected chi connectivity index (χ3v) is 4.95. The minimum absolute atomic E-state index is 0.332. The predicted molar refractivity (Wildman–Crippen MR) is 78.0 cm³/mol. The van der Waals surface area contributed by atoms with Crippen molar-refractivity contribution in [1.29, 1.82) is 0 Å². The number of nitrogens with zero attached hydrogens (tertiary/aromatic N) is 1. The van der Waals surface area contributed by atoms with E-state index in [1.54, 1.807) is 0 Å². The second-order valence-corrected chi connectivity index (χ2v) is 6.18. The van der Waals surface area contributed by atoms with Crippen molar-refractivity contribution in [2.45, 2.75) is 50.7 Å². The molecule has 0 aromatic heterocycles. The lowest BCUT2D eigenvalue weighted by Crippen LogP contribution is -2.48. The molecule has 1 saturated heterocycles. The monoisotopic (exact) mass is 259 g/mol. The number of β-amino-alcohol motifs (C(OH)–C–C–N with tert-alkyl or cyclic N) is 1. The highest BCUT2D eigenvalue weighted by Crippen LogP contribution is 2.35. The van der Waals surface area contributed by atoms with Crippen LogP contribution in [0.2, 0.25) is 0 Å². The third kappa shape index (κ3) is 3.01. The molecule has 3 atom stereocenters. The molecule has 0 radical (unpaired) electrons. The van der Waals surface area contributed by atoms with Gasteiger partial charge in [0.2, 0.25) is 0 Å². The van der Waals surface area contributed by atoms with E-state index in [0.717, 1.165) is 24.1 Å². The normalized spacial score (nSPS) is 29.7. The van der Waals surface area contributed by atoms with Gasteiger partial charge in [-0.05, 0) is 43.7 Å². The third-order valence-electron chi connectivity index (χ3n) is 4.95. The van der Waals surface area contributed by atoms with Crippen molar-refractivity contribution in [1.82, 2.24) is 4.90 Å². The average Bonchev–Trinajstić information content (AvgIpc) is 2.48. The fraction of sp³-hybridized carbons (Fsp3) is 0.647. The summed E-state index contributed by atoms with van der Waals surface area (Å²) in [7, 11) is 0. The SMILES string of the molecule is O[C@H](CN1CCC[C@@H]2CCCC[C@H]21)c1ccccc1. The number of benzene rings is 1. The maximum absolute atomic E-state index is 10.4. The minimum Gasteiger partial charge on any atom is -0.387 e. The number of piperidine rings is 1. The zero-order valence-corrected chi connectivity index (χ0v) is 11.7. The zero-order valence-electron chi connectivity index (χ0n) is 11.7. The summed E-state index contributed by atoms with van der Waals surface area (Å²) in [6.45, 7) is 1.98. The Morgan fingerprint density at radius 1 is 1.05 bits per heavy atom. The maximum Gasteiger partial charge on any atom is 0.0917 e. The van der Waals surface area contributed by atoms with Gasteiger partial charge in [0.15, 0.2) is 0 Å². The Labute approximate surface area is 116 Å². The fourth-order valence-corrected chi connectivity index (χ4v) is 3.96. The quantitative estimate of drug-likeness (QED) is 0.899. The van der Waals surface area contributed by atoms with Gasteiger partial charge in [0.25, 0.3) is 0 Å². The van der Waals surface area contributed by atoms with Crippen molar-refractivity contribution in [3.63, 3.8) is 0 Å². The lowest BCUT2D eigenvalue weighted by Gasteiger charge is -2.44. The van der Waals surface area contributed by atoms with Gasteiger partial charge in [-0.25, -0.2) is 0 Å². The summed E-state index contributed by atoms with van der Waals surface area (Å²) in [5.74, 6) is 0.894. The van der Waals surface area contributed by atoms with E-state index in [2.05, 4.69) is 4.90 Å². The molecule has 0 amide bonds. The number of likely N-dealkylation sites (tertiary alicyclic amines) is 1. The van der Waals surface area contributed by atoms with Crippen LogP contribution >= 0.6 is 0 Å². The molecule has 1 N–H and O–H groups in total. The highest BCUT2D eigenvalue weighted by molar-refractivity contribution is 5.17. The first-order valence-electron chi connectivity index (χ1n) is 7.81. The molecular formula is C17H25NO. The van der Waals surface area contributed by atoms with Crippen molar-refractivity contribution in [3.05, 3.63) is 35.9 Å². The van der Waals surface area contributed by atoms with Gasteiger partial charge in [0, 0.05) is 12.6 Å². The summed E-state index contributed by atoms with van der Waals surface area (Å²) < 4.78 is 0. The molecule has 0 bridgehead atoms. The Morgan fingerprint density at radius 2 is 1.79 bits per heavy atom. The van der Waals surface area contributed by atoms with E-state index in [-0.39, 0.29) is 6.10 Å². The van der Waals surface area contributed by atoms with Crippen LogP contribution in [-0.4, -0.2) is 29.1 Å². The van der Waals surface area contributed by atoms with E-state index in [9.17, 15) is 5.11 Å². The first kappa shape index (κ1) is 13.1. The predicted octanol–water partition coefficient (Wildman–Crippen LogP) is 3.37. The Hall–Kier alpha value is -0.860. The van der Waals surface area contributed by atoms with Crippen molar-refractivity contribution in [2.75, 3.05) is 13.1 Å². The van der Waals surface area contributed by atoms with Gasteiger partial charge >= 0.3 is 0 Å². The number of aliphatic hydroxyl groups is 1. The molecule has 3 rings (SSSR count). The standard InChI is InChI=1S/C17H25NO/c19-17(15-8-2-1-3-9-15)13-18-12-6-10-14-7-4-5-11-16(14)18/h1-3,8-9,14,16-17,19H,4-7,10-13H2/t14-,16+,17+/m0/s1. The molecule has 1 aliphatic heterocycles. The van der Waals surface area contributed by atoms with Gasteiger partial charge in [-0.3, -0.25) is 4.90 Å². The fourth-order valence-electron chi connectivity index (χ4n) is 3.96. The molecule has 1 aromatic carbocycles. The van der Waals surface area contributed by atoms with Crippen LogP contribution < -0.4 is 0 Å². The zero-order chi connectivity index (χ0) is 13.1. The van der Waals surface area contributed by atoms with Crippen LogP contribution in [0.1, 0.15) is 50.2 Å². The van der Waals surface area contributed by atoms with Crippen LogP contribution in [-0.2, 0) is 0 Å². The van der Waals surface area contributed by atoms with E-state index in [0.29, 0.717) is 0 Å². The Morgan fingerprint density at radius 3 is 2.63 bits per heavy atom. The molecule has 2 heteroatoms. The largest absolute Gasteiger partial charge is 0.387 e. The molecule has 19 heavy (non-hydrogen) atoms. The lowest BCUT2D eigenvalue weighted by atomic mass is 9.78. The molecule has 104 valence electrons. The number of hydrogen-bond acceptors (Lipinski definition) is 2. The van der Waals surface area contributed by atoms with E-state index in [4.69, 9.17) is 0 Å². The molecule has 2 fully saturated rings. The Balaban J connectivity index is 1.65. The van der Waals surface area contributed by atoms with Crippen LogP contribution in [0, 0.1) is 5.92 Å². The number of fused-ring (bicyclic) bond motifs is 1. The van der Waals surface area contributed by atoms with Crippen molar-refractivity contribution >= 4 is 0 Å². The summed E-state index contributed by atoms with van der Waals surface area (Å²) >= 11 is 0. The topological polar surface area (TPSA) is 23.5 Å². The number of hydrogen-bond donors (Lipinski definition) is 1. The summed E-state index contributed by atoms with van der Waals surface area (Å²) in [5, 5.41) is 10.4. The maximum atomic E-state index is 10.4. The van der Waals surface area contributed by atoms with Crippen LogP contribution in [0.15, 0.2) is 30.3 Å². The molecule has 0 unspecified atom stereocenters. The van der Waals surface area contributed by atoms with Crippen molar-refractivity contribution < 1.29 is 5.11 Å². The molecule has 1 aromatic rings. The molecule has 1 saturated carbocycles.